The summed E-state index contributed by atoms with van der Waals surface area (Å²) in [6.45, 7) is 0.245. The first-order valence-corrected chi connectivity index (χ1v) is 7.94. The highest BCUT2D eigenvalue weighted by Gasteiger charge is 2.51. The van der Waals surface area contributed by atoms with Crippen molar-refractivity contribution in [2.24, 2.45) is 0 Å². The van der Waals surface area contributed by atoms with Crippen molar-refractivity contribution >= 4 is 27.5 Å². The molecule has 22 heavy (non-hydrogen) atoms. The highest BCUT2D eigenvalue weighted by molar-refractivity contribution is 9.10. The summed E-state index contributed by atoms with van der Waals surface area (Å²) in [5.74, 6) is 1.49. The molecule has 0 atom stereocenters. The smallest absolute Gasteiger partial charge is 0.235 e. The zero-order chi connectivity index (χ0) is 15.2. The van der Waals surface area contributed by atoms with Crippen molar-refractivity contribution in [1.29, 1.82) is 0 Å². The first-order valence-electron chi connectivity index (χ1n) is 7.15. The van der Waals surface area contributed by atoms with Gasteiger partial charge in [0.1, 0.15) is 0 Å². The number of halogens is 1. The summed E-state index contributed by atoms with van der Waals surface area (Å²) >= 11 is 3.46. The van der Waals surface area contributed by atoms with Crippen molar-refractivity contribution in [2.45, 2.75) is 18.3 Å². The second-order valence-electron chi connectivity index (χ2n) is 5.58. The normalized spacial score (nSPS) is 17.1. The van der Waals surface area contributed by atoms with E-state index in [1.54, 1.807) is 0 Å². The second-order valence-corrected chi connectivity index (χ2v) is 6.44. The Labute approximate surface area is 136 Å². The molecule has 1 heterocycles. The van der Waals surface area contributed by atoms with Crippen LogP contribution in [0.5, 0.6) is 11.5 Å². The minimum atomic E-state index is -0.448. The van der Waals surface area contributed by atoms with Gasteiger partial charge in [-0.25, -0.2) is 0 Å². The lowest BCUT2D eigenvalue weighted by Gasteiger charge is -2.17. The van der Waals surface area contributed by atoms with Crippen LogP contribution in [-0.4, -0.2) is 12.7 Å². The zero-order valence-corrected chi connectivity index (χ0v) is 13.4. The van der Waals surface area contributed by atoms with Crippen LogP contribution in [0.4, 0.5) is 5.69 Å². The van der Waals surface area contributed by atoms with E-state index in [9.17, 15) is 4.79 Å². The van der Waals surface area contributed by atoms with Crippen molar-refractivity contribution < 1.29 is 14.3 Å². The highest BCUT2D eigenvalue weighted by atomic mass is 79.9. The van der Waals surface area contributed by atoms with E-state index in [1.165, 1.54) is 0 Å². The summed E-state index contributed by atoms with van der Waals surface area (Å²) < 4.78 is 11.6. The largest absolute Gasteiger partial charge is 0.454 e. The van der Waals surface area contributed by atoms with Crippen molar-refractivity contribution in [2.75, 3.05) is 12.1 Å². The summed E-state index contributed by atoms with van der Waals surface area (Å²) in [5.41, 5.74) is 1.33. The number of para-hydroxylation sites is 1. The molecule has 112 valence electrons. The maximum absolute atomic E-state index is 12.7. The number of carbonyl (C=O) groups is 1. The summed E-state index contributed by atoms with van der Waals surface area (Å²) in [4.78, 5) is 12.7. The number of hydrogen-bond donors (Lipinski definition) is 1. The lowest BCUT2D eigenvalue weighted by atomic mass is 9.94. The molecule has 0 aromatic heterocycles. The van der Waals surface area contributed by atoms with Crippen LogP contribution in [-0.2, 0) is 10.2 Å². The van der Waals surface area contributed by atoms with Gasteiger partial charge in [-0.1, -0.05) is 18.2 Å². The molecule has 1 amide bonds. The number of benzene rings is 2. The van der Waals surface area contributed by atoms with Crippen molar-refractivity contribution in [3.63, 3.8) is 0 Å². The topological polar surface area (TPSA) is 47.6 Å². The SMILES string of the molecule is O=C(Nc1ccccc1Br)C1(c2ccc3c(c2)OCO3)CC1. The van der Waals surface area contributed by atoms with Gasteiger partial charge in [-0.2, -0.15) is 0 Å². The zero-order valence-electron chi connectivity index (χ0n) is 11.8. The molecule has 4 nitrogen and oxygen atoms in total. The van der Waals surface area contributed by atoms with Crippen LogP contribution >= 0.6 is 15.9 Å². The number of carbonyl (C=O) groups excluding carboxylic acids is 1. The van der Waals surface area contributed by atoms with E-state index in [-0.39, 0.29) is 12.7 Å². The molecule has 0 spiro atoms. The van der Waals surface area contributed by atoms with Gasteiger partial charge < -0.3 is 14.8 Å². The molecule has 1 saturated carbocycles. The average molecular weight is 360 g/mol. The Morgan fingerprint density at radius 1 is 1.09 bits per heavy atom. The minimum Gasteiger partial charge on any atom is -0.454 e. The molecule has 2 aromatic rings. The standard InChI is InChI=1S/C17H14BrNO3/c18-12-3-1-2-4-13(12)19-16(20)17(7-8-17)11-5-6-14-15(9-11)22-10-21-14/h1-6,9H,7-8,10H2,(H,19,20). The number of anilines is 1. The van der Waals surface area contributed by atoms with Crippen molar-refractivity contribution in [3.05, 3.63) is 52.5 Å². The van der Waals surface area contributed by atoms with Crippen molar-refractivity contribution in [1.82, 2.24) is 0 Å². The number of fused-ring (bicyclic) bond motifs is 1. The van der Waals surface area contributed by atoms with E-state index in [0.717, 1.165) is 40.1 Å². The third-order valence-electron chi connectivity index (χ3n) is 4.23. The van der Waals surface area contributed by atoms with Crippen LogP contribution in [0.3, 0.4) is 0 Å². The van der Waals surface area contributed by atoms with Gasteiger partial charge in [-0.05, 0) is 58.6 Å². The van der Waals surface area contributed by atoms with Crippen LogP contribution in [0.15, 0.2) is 46.9 Å². The average Bonchev–Trinajstić information content (AvgIpc) is 3.21. The van der Waals surface area contributed by atoms with Crippen LogP contribution in [0.2, 0.25) is 0 Å². The number of nitrogens with one attached hydrogen (secondary N) is 1. The molecule has 0 bridgehead atoms. The van der Waals surface area contributed by atoms with E-state index in [4.69, 9.17) is 9.47 Å². The number of ether oxygens (including phenoxy) is 2. The molecule has 0 saturated heterocycles. The van der Waals surface area contributed by atoms with Crippen molar-refractivity contribution in [3.8, 4) is 11.5 Å². The summed E-state index contributed by atoms with van der Waals surface area (Å²) in [6.07, 6.45) is 1.70. The number of amides is 1. The molecular weight excluding hydrogens is 346 g/mol. The van der Waals surface area contributed by atoms with Crippen LogP contribution < -0.4 is 14.8 Å². The minimum absolute atomic E-state index is 0.0262. The van der Waals surface area contributed by atoms with E-state index in [0.29, 0.717) is 0 Å². The molecule has 2 aromatic carbocycles. The lowest BCUT2D eigenvalue weighted by Crippen LogP contribution is -2.27. The van der Waals surface area contributed by atoms with Gasteiger partial charge in [-0.15, -0.1) is 0 Å². The Morgan fingerprint density at radius 3 is 2.64 bits per heavy atom. The Bertz CT molecular complexity index is 755. The highest BCUT2D eigenvalue weighted by Crippen LogP contribution is 2.51. The first-order chi connectivity index (χ1) is 10.7. The molecule has 0 radical (unpaired) electrons. The van der Waals surface area contributed by atoms with E-state index < -0.39 is 5.41 Å². The fourth-order valence-corrected chi connectivity index (χ4v) is 3.15. The Balaban J connectivity index is 1.61. The summed E-state index contributed by atoms with van der Waals surface area (Å²) in [6, 6.07) is 13.4. The van der Waals surface area contributed by atoms with Gasteiger partial charge in [0.25, 0.3) is 0 Å². The number of hydrogen-bond acceptors (Lipinski definition) is 3. The molecular formula is C17H14BrNO3. The van der Waals surface area contributed by atoms with Gasteiger partial charge >= 0.3 is 0 Å². The van der Waals surface area contributed by atoms with Gasteiger partial charge in [0.05, 0.1) is 11.1 Å². The second kappa shape index (κ2) is 5.02. The molecule has 2 aliphatic rings. The number of rotatable bonds is 3. The Hall–Kier alpha value is -2.01. The summed E-state index contributed by atoms with van der Waals surface area (Å²) in [5, 5.41) is 3.02. The molecule has 1 N–H and O–H groups in total. The van der Waals surface area contributed by atoms with Crippen LogP contribution in [0.1, 0.15) is 18.4 Å². The van der Waals surface area contributed by atoms with E-state index >= 15 is 0 Å². The van der Waals surface area contributed by atoms with Gasteiger partial charge in [0.2, 0.25) is 12.7 Å². The predicted octanol–water partition coefficient (Wildman–Crippen LogP) is 3.85. The first kappa shape index (κ1) is 13.6. The molecule has 1 fully saturated rings. The monoisotopic (exact) mass is 359 g/mol. The molecule has 1 aliphatic carbocycles. The third-order valence-corrected chi connectivity index (χ3v) is 4.92. The fourth-order valence-electron chi connectivity index (χ4n) is 2.77. The van der Waals surface area contributed by atoms with E-state index in [1.807, 2.05) is 42.5 Å². The maximum atomic E-state index is 12.7. The van der Waals surface area contributed by atoms with Crippen LogP contribution in [0.25, 0.3) is 0 Å². The molecule has 4 rings (SSSR count). The van der Waals surface area contributed by atoms with Gasteiger partial charge in [0, 0.05) is 4.47 Å². The van der Waals surface area contributed by atoms with Gasteiger partial charge in [0.15, 0.2) is 11.5 Å². The summed E-state index contributed by atoms with van der Waals surface area (Å²) in [7, 11) is 0. The predicted molar refractivity (Wildman–Crippen MR) is 86.2 cm³/mol. The third kappa shape index (κ3) is 2.16. The fraction of sp³-hybridized carbons (Fsp3) is 0.235. The van der Waals surface area contributed by atoms with Gasteiger partial charge in [-0.3, -0.25) is 4.79 Å². The van der Waals surface area contributed by atoms with E-state index in [2.05, 4.69) is 21.2 Å². The Kier molecular flexibility index (Phi) is 3.11. The molecule has 5 heteroatoms. The molecule has 1 aliphatic heterocycles. The molecule has 0 unspecified atom stereocenters. The lowest BCUT2D eigenvalue weighted by molar-refractivity contribution is -0.118. The quantitative estimate of drug-likeness (QED) is 0.905. The van der Waals surface area contributed by atoms with Crippen LogP contribution in [0, 0.1) is 0 Å². The maximum Gasteiger partial charge on any atom is 0.235 e. The Morgan fingerprint density at radius 2 is 1.86 bits per heavy atom.